The summed E-state index contributed by atoms with van der Waals surface area (Å²) in [5.41, 5.74) is 2.27. The van der Waals surface area contributed by atoms with Crippen molar-refractivity contribution in [1.82, 2.24) is 10.0 Å². The van der Waals surface area contributed by atoms with Crippen LogP contribution in [0.5, 0.6) is 5.75 Å². The number of hydrogen-bond donors (Lipinski definition) is 2. The number of ether oxygens (including phenoxy) is 1. The van der Waals surface area contributed by atoms with Gasteiger partial charge in [0.2, 0.25) is 10.0 Å². The second-order valence-corrected chi connectivity index (χ2v) is 7.61. The SMILES string of the molecule is CCNS(=O)(=O)c1ccc(OCCNC(=O)c2ccccc2C)c(C)c1. The van der Waals surface area contributed by atoms with Crippen LogP contribution in [0.3, 0.4) is 0 Å². The van der Waals surface area contributed by atoms with Crippen molar-refractivity contribution in [3.05, 3.63) is 59.2 Å². The van der Waals surface area contributed by atoms with E-state index in [1.165, 1.54) is 6.07 Å². The zero-order chi connectivity index (χ0) is 19.2. The molecule has 26 heavy (non-hydrogen) atoms. The van der Waals surface area contributed by atoms with E-state index < -0.39 is 10.0 Å². The summed E-state index contributed by atoms with van der Waals surface area (Å²) in [7, 11) is -3.48. The number of benzene rings is 2. The minimum atomic E-state index is -3.48. The number of carbonyl (C=O) groups is 1. The molecule has 0 saturated carbocycles. The van der Waals surface area contributed by atoms with Gasteiger partial charge in [-0.05, 0) is 49.2 Å². The standard InChI is InChI=1S/C19H24N2O4S/c1-4-21-26(23,24)16-9-10-18(15(3)13-16)25-12-11-20-19(22)17-8-6-5-7-14(17)2/h5-10,13,21H,4,11-12H2,1-3H3,(H,20,22). The van der Waals surface area contributed by atoms with Crippen molar-refractivity contribution < 1.29 is 17.9 Å². The number of amides is 1. The van der Waals surface area contributed by atoms with Gasteiger partial charge in [-0.3, -0.25) is 4.79 Å². The van der Waals surface area contributed by atoms with Crippen LogP contribution in [0.4, 0.5) is 0 Å². The maximum absolute atomic E-state index is 12.1. The molecule has 0 aliphatic carbocycles. The second kappa shape index (κ2) is 8.82. The Morgan fingerprint density at radius 2 is 1.81 bits per heavy atom. The van der Waals surface area contributed by atoms with Gasteiger partial charge in [0.25, 0.3) is 5.91 Å². The molecule has 0 saturated heterocycles. The molecule has 2 rings (SSSR count). The van der Waals surface area contributed by atoms with Crippen LogP contribution in [0.15, 0.2) is 47.4 Å². The van der Waals surface area contributed by atoms with Crippen molar-refractivity contribution in [3.8, 4) is 5.75 Å². The molecule has 0 bridgehead atoms. The lowest BCUT2D eigenvalue weighted by molar-refractivity contribution is 0.0946. The molecule has 2 N–H and O–H groups in total. The summed E-state index contributed by atoms with van der Waals surface area (Å²) >= 11 is 0. The van der Waals surface area contributed by atoms with Gasteiger partial charge in [0, 0.05) is 12.1 Å². The normalized spacial score (nSPS) is 11.2. The van der Waals surface area contributed by atoms with Crippen LogP contribution in [0.25, 0.3) is 0 Å². The lowest BCUT2D eigenvalue weighted by atomic mass is 10.1. The largest absolute Gasteiger partial charge is 0.491 e. The van der Waals surface area contributed by atoms with Gasteiger partial charge in [0.15, 0.2) is 0 Å². The summed E-state index contributed by atoms with van der Waals surface area (Å²) in [5.74, 6) is 0.445. The van der Waals surface area contributed by atoms with Crippen LogP contribution in [-0.4, -0.2) is 34.0 Å². The fraction of sp³-hybridized carbons (Fsp3) is 0.316. The van der Waals surface area contributed by atoms with Crippen molar-refractivity contribution >= 4 is 15.9 Å². The lowest BCUT2D eigenvalue weighted by Crippen LogP contribution is -2.28. The lowest BCUT2D eigenvalue weighted by Gasteiger charge is -2.12. The molecule has 140 valence electrons. The smallest absolute Gasteiger partial charge is 0.251 e. The fourth-order valence-corrected chi connectivity index (χ4v) is 3.60. The van der Waals surface area contributed by atoms with Gasteiger partial charge in [-0.15, -0.1) is 0 Å². The molecular formula is C19H24N2O4S. The molecule has 0 atom stereocenters. The van der Waals surface area contributed by atoms with E-state index in [0.29, 0.717) is 30.0 Å². The zero-order valence-corrected chi connectivity index (χ0v) is 16.0. The molecule has 0 aliphatic heterocycles. The molecule has 0 heterocycles. The van der Waals surface area contributed by atoms with E-state index in [1.54, 1.807) is 32.0 Å². The van der Waals surface area contributed by atoms with Crippen LogP contribution in [0.2, 0.25) is 0 Å². The molecule has 0 aromatic heterocycles. The third kappa shape index (κ3) is 5.06. The molecular weight excluding hydrogens is 352 g/mol. The number of aryl methyl sites for hydroxylation is 2. The van der Waals surface area contributed by atoms with Gasteiger partial charge >= 0.3 is 0 Å². The first-order valence-corrected chi connectivity index (χ1v) is 9.90. The highest BCUT2D eigenvalue weighted by Gasteiger charge is 2.14. The molecule has 2 aromatic rings. The van der Waals surface area contributed by atoms with Crippen molar-refractivity contribution in [2.75, 3.05) is 19.7 Å². The summed E-state index contributed by atoms with van der Waals surface area (Å²) in [6, 6.07) is 12.1. The molecule has 0 spiro atoms. The second-order valence-electron chi connectivity index (χ2n) is 5.85. The van der Waals surface area contributed by atoms with Crippen LogP contribution >= 0.6 is 0 Å². The number of sulfonamides is 1. The number of rotatable bonds is 8. The van der Waals surface area contributed by atoms with Gasteiger partial charge in [-0.25, -0.2) is 13.1 Å². The van der Waals surface area contributed by atoms with Crippen LogP contribution in [0, 0.1) is 13.8 Å². The molecule has 1 amide bonds. The first kappa shape index (κ1) is 19.9. The van der Waals surface area contributed by atoms with Crippen molar-refractivity contribution in [2.24, 2.45) is 0 Å². The average molecular weight is 376 g/mol. The third-order valence-electron chi connectivity index (χ3n) is 3.83. The zero-order valence-electron chi connectivity index (χ0n) is 15.2. The van der Waals surface area contributed by atoms with Crippen molar-refractivity contribution in [2.45, 2.75) is 25.7 Å². The van der Waals surface area contributed by atoms with E-state index in [1.807, 2.05) is 25.1 Å². The Balaban J connectivity index is 1.90. The fourth-order valence-electron chi connectivity index (χ4n) is 2.47. The Bertz CT molecular complexity index is 879. The van der Waals surface area contributed by atoms with Crippen LogP contribution < -0.4 is 14.8 Å². The molecule has 7 heteroatoms. The van der Waals surface area contributed by atoms with Gasteiger partial charge in [0.1, 0.15) is 12.4 Å². The monoisotopic (exact) mass is 376 g/mol. The summed E-state index contributed by atoms with van der Waals surface area (Å²) in [4.78, 5) is 12.3. The Labute approximate surface area is 154 Å². The van der Waals surface area contributed by atoms with E-state index >= 15 is 0 Å². The average Bonchev–Trinajstić information content (AvgIpc) is 2.60. The first-order valence-electron chi connectivity index (χ1n) is 8.42. The molecule has 0 unspecified atom stereocenters. The third-order valence-corrected chi connectivity index (χ3v) is 5.37. The Morgan fingerprint density at radius 1 is 1.08 bits per heavy atom. The van der Waals surface area contributed by atoms with Gasteiger partial charge < -0.3 is 10.1 Å². The highest BCUT2D eigenvalue weighted by Crippen LogP contribution is 2.21. The number of nitrogens with one attached hydrogen (secondary N) is 2. The highest BCUT2D eigenvalue weighted by molar-refractivity contribution is 7.89. The van der Waals surface area contributed by atoms with Crippen molar-refractivity contribution in [3.63, 3.8) is 0 Å². The molecule has 0 fully saturated rings. The molecule has 0 aliphatic rings. The van der Waals surface area contributed by atoms with Gasteiger partial charge in [-0.1, -0.05) is 25.1 Å². The van der Waals surface area contributed by atoms with Crippen LogP contribution in [-0.2, 0) is 10.0 Å². The molecule has 0 radical (unpaired) electrons. The topological polar surface area (TPSA) is 84.5 Å². The molecule has 6 nitrogen and oxygen atoms in total. The van der Waals surface area contributed by atoms with E-state index in [4.69, 9.17) is 4.74 Å². The number of hydrogen-bond acceptors (Lipinski definition) is 4. The summed E-state index contributed by atoms with van der Waals surface area (Å²) in [5, 5.41) is 2.81. The predicted molar refractivity (Wildman–Crippen MR) is 101 cm³/mol. The minimum Gasteiger partial charge on any atom is -0.491 e. The summed E-state index contributed by atoms with van der Waals surface area (Å²) in [6.07, 6.45) is 0. The van der Waals surface area contributed by atoms with E-state index in [0.717, 1.165) is 5.56 Å². The summed E-state index contributed by atoms with van der Waals surface area (Å²) < 4.78 is 32.1. The Hall–Kier alpha value is -2.38. The van der Waals surface area contributed by atoms with Gasteiger partial charge in [0.05, 0.1) is 11.4 Å². The minimum absolute atomic E-state index is 0.143. The van der Waals surface area contributed by atoms with E-state index in [-0.39, 0.29) is 17.4 Å². The number of carbonyl (C=O) groups excluding carboxylic acids is 1. The van der Waals surface area contributed by atoms with Crippen LogP contribution in [0.1, 0.15) is 28.4 Å². The summed E-state index contributed by atoms with van der Waals surface area (Å²) in [6.45, 7) is 6.37. The van der Waals surface area contributed by atoms with E-state index in [9.17, 15) is 13.2 Å². The highest BCUT2D eigenvalue weighted by atomic mass is 32.2. The molecule has 2 aromatic carbocycles. The van der Waals surface area contributed by atoms with E-state index in [2.05, 4.69) is 10.0 Å². The quantitative estimate of drug-likeness (QED) is 0.693. The maximum Gasteiger partial charge on any atom is 0.251 e. The first-order chi connectivity index (χ1) is 12.3. The Kier molecular flexibility index (Phi) is 6.76. The van der Waals surface area contributed by atoms with Crippen molar-refractivity contribution in [1.29, 1.82) is 0 Å². The predicted octanol–water partition coefficient (Wildman–Crippen LogP) is 2.41. The Morgan fingerprint density at radius 3 is 2.46 bits per heavy atom. The van der Waals surface area contributed by atoms with Gasteiger partial charge in [-0.2, -0.15) is 0 Å². The maximum atomic E-state index is 12.1.